The summed E-state index contributed by atoms with van der Waals surface area (Å²) in [7, 11) is 1.74. The summed E-state index contributed by atoms with van der Waals surface area (Å²) in [6.45, 7) is 1.14. The van der Waals surface area contributed by atoms with Gasteiger partial charge in [0.2, 0.25) is 6.79 Å². The van der Waals surface area contributed by atoms with Crippen LogP contribution in [0.3, 0.4) is 0 Å². The number of carbonyl (C=O) groups excluding carboxylic acids is 1. The number of β-amino-alcohol motifs (C(OH)–C–C–N with tert-alkyl or cyclic N) is 1. The highest BCUT2D eigenvalue weighted by Crippen LogP contribution is 2.37. The summed E-state index contributed by atoms with van der Waals surface area (Å²) < 4.78 is 12.3. The Morgan fingerprint density at radius 2 is 2.12 bits per heavy atom. The van der Waals surface area contributed by atoms with Gasteiger partial charge in [0.25, 0.3) is 5.91 Å². The van der Waals surface area contributed by atoms with Crippen LogP contribution in [0.15, 0.2) is 30.5 Å². The fourth-order valence-corrected chi connectivity index (χ4v) is 3.39. The topological polar surface area (TPSA) is 76.8 Å². The molecule has 7 nitrogen and oxygen atoms in total. The Morgan fingerprint density at radius 3 is 2.88 bits per heavy atom. The lowest BCUT2D eigenvalue weighted by atomic mass is 9.87. The Hall–Kier alpha value is -2.54. The van der Waals surface area contributed by atoms with E-state index in [1.165, 1.54) is 0 Å². The van der Waals surface area contributed by atoms with E-state index in [0.717, 1.165) is 11.3 Å². The third kappa shape index (κ3) is 2.50. The summed E-state index contributed by atoms with van der Waals surface area (Å²) in [5, 5.41) is 14.6. The molecule has 1 fully saturated rings. The number of aliphatic hydroxyl groups is 1. The highest BCUT2D eigenvalue weighted by Gasteiger charge is 2.33. The van der Waals surface area contributed by atoms with E-state index in [9.17, 15) is 9.90 Å². The number of piperidine rings is 1. The van der Waals surface area contributed by atoms with Gasteiger partial charge in [-0.2, -0.15) is 5.10 Å². The number of aliphatic hydroxyl groups excluding tert-OH is 1. The van der Waals surface area contributed by atoms with Gasteiger partial charge in [0, 0.05) is 32.3 Å². The molecule has 2 aliphatic rings. The lowest BCUT2D eigenvalue weighted by Gasteiger charge is -2.36. The minimum absolute atomic E-state index is 0.0184. The monoisotopic (exact) mass is 329 g/mol. The number of ether oxygens (including phenoxy) is 2. The molecule has 3 heterocycles. The quantitative estimate of drug-likeness (QED) is 0.894. The molecule has 0 spiro atoms. The van der Waals surface area contributed by atoms with Crippen LogP contribution in [-0.2, 0) is 7.05 Å². The van der Waals surface area contributed by atoms with Crippen LogP contribution in [0, 0.1) is 0 Å². The average molecular weight is 329 g/mol. The van der Waals surface area contributed by atoms with E-state index in [1.54, 1.807) is 28.9 Å². The van der Waals surface area contributed by atoms with Crippen molar-refractivity contribution in [1.82, 2.24) is 14.7 Å². The molecule has 0 radical (unpaired) electrons. The molecule has 126 valence electrons. The van der Waals surface area contributed by atoms with Crippen molar-refractivity contribution < 1.29 is 19.4 Å². The SMILES string of the molecule is Cn1nccc1C(=O)N1CC[C@@H](c2ccc3c(c2)OCO3)[C@H](O)C1. The number of hydrogen-bond donors (Lipinski definition) is 1. The van der Waals surface area contributed by atoms with Crippen LogP contribution in [-0.4, -0.2) is 51.7 Å². The predicted octanol–water partition coefficient (Wildman–Crippen LogP) is 1.14. The van der Waals surface area contributed by atoms with Gasteiger partial charge in [-0.05, 0) is 30.2 Å². The number of fused-ring (bicyclic) bond motifs is 1. The van der Waals surface area contributed by atoms with Crippen molar-refractivity contribution in [2.75, 3.05) is 19.9 Å². The number of benzene rings is 1. The zero-order chi connectivity index (χ0) is 16.7. The van der Waals surface area contributed by atoms with Crippen LogP contribution in [0.1, 0.15) is 28.4 Å². The molecule has 1 N–H and O–H groups in total. The molecule has 24 heavy (non-hydrogen) atoms. The third-order valence-corrected chi connectivity index (χ3v) is 4.73. The molecular formula is C17H19N3O4. The fraction of sp³-hybridized carbons (Fsp3) is 0.412. The number of aryl methyl sites for hydroxylation is 1. The van der Waals surface area contributed by atoms with Gasteiger partial charge < -0.3 is 19.5 Å². The van der Waals surface area contributed by atoms with Gasteiger partial charge in [0.05, 0.1) is 6.10 Å². The maximum Gasteiger partial charge on any atom is 0.272 e. The van der Waals surface area contributed by atoms with Crippen LogP contribution in [0.25, 0.3) is 0 Å². The highest BCUT2D eigenvalue weighted by molar-refractivity contribution is 5.92. The second-order valence-corrected chi connectivity index (χ2v) is 6.17. The van der Waals surface area contributed by atoms with Crippen molar-refractivity contribution in [3.8, 4) is 11.5 Å². The Morgan fingerprint density at radius 1 is 1.29 bits per heavy atom. The van der Waals surface area contributed by atoms with Crippen LogP contribution < -0.4 is 9.47 Å². The van der Waals surface area contributed by atoms with Gasteiger partial charge in [-0.15, -0.1) is 0 Å². The van der Waals surface area contributed by atoms with E-state index in [0.29, 0.717) is 31.0 Å². The minimum Gasteiger partial charge on any atom is -0.454 e. The van der Waals surface area contributed by atoms with Crippen molar-refractivity contribution in [2.45, 2.75) is 18.4 Å². The molecule has 0 bridgehead atoms. The molecule has 0 saturated carbocycles. The van der Waals surface area contributed by atoms with E-state index < -0.39 is 6.10 Å². The van der Waals surface area contributed by atoms with Crippen molar-refractivity contribution >= 4 is 5.91 Å². The molecule has 2 aromatic rings. The zero-order valence-corrected chi connectivity index (χ0v) is 13.4. The first-order chi connectivity index (χ1) is 11.6. The molecule has 1 amide bonds. The first-order valence-electron chi connectivity index (χ1n) is 7.98. The number of likely N-dealkylation sites (tertiary alicyclic amines) is 1. The second kappa shape index (κ2) is 5.83. The van der Waals surface area contributed by atoms with Gasteiger partial charge in [-0.3, -0.25) is 9.48 Å². The number of aromatic nitrogens is 2. The van der Waals surface area contributed by atoms with Gasteiger partial charge >= 0.3 is 0 Å². The van der Waals surface area contributed by atoms with E-state index >= 15 is 0 Å². The summed E-state index contributed by atoms with van der Waals surface area (Å²) in [5.74, 6) is 1.33. The molecule has 2 atom stereocenters. The highest BCUT2D eigenvalue weighted by atomic mass is 16.7. The van der Waals surface area contributed by atoms with Crippen molar-refractivity contribution in [3.05, 3.63) is 41.7 Å². The zero-order valence-electron chi connectivity index (χ0n) is 13.4. The Balaban J connectivity index is 1.49. The number of rotatable bonds is 2. The van der Waals surface area contributed by atoms with Crippen LogP contribution in [0.2, 0.25) is 0 Å². The fourth-order valence-electron chi connectivity index (χ4n) is 3.39. The number of amides is 1. The predicted molar refractivity (Wildman–Crippen MR) is 85.0 cm³/mol. The summed E-state index contributed by atoms with van der Waals surface area (Å²) in [6, 6.07) is 7.45. The van der Waals surface area contributed by atoms with Crippen molar-refractivity contribution in [2.24, 2.45) is 7.05 Å². The largest absolute Gasteiger partial charge is 0.454 e. The van der Waals surface area contributed by atoms with Crippen LogP contribution >= 0.6 is 0 Å². The first-order valence-corrected chi connectivity index (χ1v) is 7.98. The standard InChI is InChI=1S/C17H19N3O4/c1-19-13(4-6-18-19)17(22)20-7-5-12(14(21)9-20)11-2-3-15-16(8-11)24-10-23-15/h2-4,6,8,12,14,21H,5,7,9-10H2,1H3/t12-,14+/m0/s1. The normalized spacial score (nSPS) is 22.7. The van der Waals surface area contributed by atoms with Gasteiger partial charge in [0.15, 0.2) is 11.5 Å². The van der Waals surface area contributed by atoms with Crippen molar-refractivity contribution in [3.63, 3.8) is 0 Å². The summed E-state index contributed by atoms with van der Waals surface area (Å²) in [6.07, 6.45) is 1.68. The van der Waals surface area contributed by atoms with E-state index in [4.69, 9.17) is 9.47 Å². The molecule has 1 aromatic heterocycles. The summed E-state index contributed by atoms with van der Waals surface area (Å²) >= 11 is 0. The van der Waals surface area contributed by atoms with Crippen molar-refractivity contribution in [1.29, 1.82) is 0 Å². The molecule has 4 rings (SSSR count). The van der Waals surface area contributed by atoms with E-state index in [1.807, 2.05) is 18.2 Å². The third-order valence-electron chi connectivity index (χ3n) is 4.73. The Labute approximate surface area is 139 Å². The Bertz CT molecular complexity index is 773. The minimum atomic E-state index is -0.615. The van der Waals surface area contributed by atoms with E-state index in [2.05, 4.69) is 5.10 Å². The van der Waals surface area contributed by atoms with Gasteiger partial charge in [-0.25, -0.2) is 0 Å². The molecule has 2 aliphatic heterocycles. The average Bonchev–Trinajstić information content (AvgIpc) is 3.22. The molecule has 1 aromatic carbocycles. The van der Waals surface area contributed by atoms with Gasteiger partial charge in [-0.1, -0.05) is 6.07 Å². The number of carbonyl (C=O) groups is 1. The maximum absolute atomic E-state index is 12.5. The number of hydrogen-bond acceptors (Lipinski definition) is 5. The molecule has 7 heteroatoms. The molecule has 0 aliphatic carbocycles. The molecule has 0 unspecified atom stereocenters. The lowest BCUT2D eigenvalue weighted by Crippen LogP contribution is -2.46. The molecular weight excluding hydrogens is 310 g/mol. The number of nitrogens with zero attached hydrogens (tertiary/aromatic N) is 3. The van der Waals surface area contributed by atoms with E-state index in [-0.39, 0.29) is 18.6 Å². The summed E-state index contributed by atoms with van der Waals surface area (Å²) in [4.78, 5) is 14.2. The second-order valence-electron chi connectivity index (χ2n) is 6.17. The lowest BCUT2D eigenvalue weighted by molar-refractivity contribution is 0.0374. The Kier molecular flexibility index (Phi) is 3.65. The maximum atomic E-state index is 12.5. The van der Waals surface area contributed by atoms with Gasteiger partial charge in [0.1, 0.15) is 5.69 Å². The first kappa shape index (κ1) is 15.0. The molecule has 1 saturated heterocycles. The smallest absolute Gasteiger partial charge is 0.272 e. The van der Waals surface area contributed by atoms with Crippen LogP contribution in [0.5, 0.6) is 11.5 Å². The summed E-state index contributed by atoms with van der Waals surface area (Å²) in [5.41, 5.74) is 1.54. The van der Waals surface area contributed by atoms with Crippen LogP contribution in [0.4, 0.5) is 0 Å².